The van der Waals surface area contributed by atoms with Gasteiger partial charge in [0.25, 0.3) is 5.91 Å². The zero-order chi connectivity index (χ0) is 17.1. The van der Waals surface area contributed by atoms with Crippen molar-refractivity contribution < 1.29 is 9.59 Å². The number of rotatable bonds is 5. The second-order valence-electron chi connectivity index (χ2n) is 5.68. The monoisotopic (exact) mass is 314 g/mol. The number of carbonyl (C=O) groups is 2. The lowest BCUT2D eigenvalue weighted by molar-refractivity contribution is -0.119. The lowest BCUT2D eigenvalue weighted by Gasteiger charge is -2.28. The van der Waals surface area contributed by atoms with Crippen molar-refractivity contribution in [2.75, 3.05) is 7.05 Å². The molecule has 1 aromatic carbocycles. The van der Waals surface area contributed by atoms with E-state index in [0.29, 0.717) is 11.3 Å². The van der Waals surface area contributed by atoms with Crippen LogP contribution in [0.2, 0.25) is 0 Å². The van der Waals surface area contributed by atoms with E-state index >= 15 is 0 Å². The molecule has 1 unspecified atom stereocenters. The van der Waals surface area contributed by atoms with Crippen LogP contribution in [0.15, 0.2) is 30.3 Å². The maximum absolute atomic E-state index is 12.9. The number of nitrogens with zero attached hydrogens (tertiary/aromatic N) is 3. The van der Waals surface area contributed by atoms with Crippen molar-refractivity contribution in [2.45, 2.75) is 26.3 Å². The van der Waals surface area contributed by atoms with Crippen LogP contribution < -0.4 is 5.73 Å². The van der Waals surface area contributed by atoms with Crippen molar-refractivity contribution in [1.82, 2.24) is 14.7 Å². The number of carbonyl (C=O) groups excluding carboxylic acids is 2. The highest BCUT2D eigenvalue weighted by atomic mass is 16.2. The van der Waals surface area contributed by atoms with Crippen LogP contribution in [0, 0.1) is 13.8 Å². The van der Waals surface area contributed by atoms with Crippen LogP contribution in [-0.2, 0) is 11.8 Å². The van der Waals surface area contributed by atoms with Crippen LogP contribution in [0.3, 0.4) is 0 Å². The normalized spacial score (nSPS) is 12.0. The van der Waals surface area contributed by atoms with Gasteiger partial charge in [0, 0.05) is 19.8 Å². The van der Waals surface area contributed by atoms with Gasteiger partial charge in [-0.05, 0) is 19.4 Å². The fourth-order valence-electron chi connectivity index (χ4n) is 2.75. The lowest BCUT2D eigenvalue weighted by atomic mass is 10.0. The first kappa shape index (κ1) is 16.7. The van der Waals surface area contributed by atoms with E-state index < -0.39 is 11.9 Å². The molecule has 2 rings (SSSR count). The molecule has 0 fully saturated rings. The molecule has 0 radical (unpaired) electrons. The Morgan fingerprint density at radius 1 is 1.26 bits per heavy atom. The largest absolute Gasteiger partial charge is 0.370 e. The van der Waals surface area contributed by atoms with Crippen molar-refractivity contribution in [3.8, 4) is 0 Å². The fraction of sp³-hybridized carbons (Fsp3) is 0.353. The summed E-state index contributed by atoms with van der Waals surface area (Å²) in [7, 11) is 3.49. The number of benzene rings is 1. The number of primary amides is 1. The quantitative estimate of drug-likeness (QED) is 0.912. The first-order chi connectivity index (χ1) is 10.8. The molecule has 122 valence electrons. The Kier molecular flexibility index (Phi) is 4.83. The Hall–Kier alpha value is -2.63. The van der Waals surface area contributed by atoms with Crippen LogP contribution in [0.5, 0.6) is 0 Å². The SMILES string of the molecule is Cc1nn(C)c(C)c1C(=O)N(C)C(CC(N)=O)c1ccccc1. The number of amides is 2. The third kappa shape index (κ3) is 3.41. The van der Waals surface area contributed by atoms with E-state index in [9.17, 15) is 9.59 Å². The molecular weight excluding hydrogens is 292 g/mol. The maximum atomic E-state index is 12.9. The van der Waals surface area contributed by atoms with Crippen LogP contribution in [-0.4, -0.2) is 33.5 Å². The summed E-state index contributed by atoms with van der Waals surface area (Å²) in [5.41, 5.74) is 8.29. The van der Waals surface area contributed by atoms with Crippen molar-refractivity contribution >= 4 is 11.8 Å². The summed E-state index contributed by atoms with van der Waals surface area (Å²) in [6, 6.07) is 9.02. The molecule has 1 atom stereocenters. The molecule has 0 aliphatic carbocycles. The molecule has 2 amide bonds. The summed E-state index contributed by atoms with van der Waals surface area (Å²) in [5, 5.41) is 4.28. The van der Waals surface area contributed by atoms with Crippen molar-refractivity contribution in [1.29, 1.82) is 0 Å². The second-order valence-corrected chi connectivity index (χ2v) is 5.68. The number of aryl methyl sites for hydroxylation is 2. The average molecular weight is 314 g/mol. The Balaban J connectivity index is 2.39. The Morgan fingerprint density at radius 2 is 1.87 bits per heavy atom. The van der Waals surface area contributed by atoms with Crippen LogP contribution in [0.1, 0.15) is 39.8 Å². The van der Waals surface area contributed by atoms with Gasteiger partial charge in [-0.25, -0.2) is 0 Å². The molecule has 23 heavy (non-hydrogen) atoms. The van der Waals surface area contributed by atoms with E-state index in [2.05, 4.69) is 5.10 Å². The van der Waals surface area contributed by atoms with Gasteiger partial charge >= 0.3 is 0 Å². The molecular formula is C17H22N4O2. The average Bonchev–Trinajstić information content (AvgIpc) is 2.77. The molecule has 1 heterocycles. The van der Waals surface area contributed by atoms with Gasteiger partial charge < -0.3 is 10.6 Å². The van der Waals surface area contributed by atoms with Gasteiger partial charge in [-0.3, -0.25) is 14.3 Å². The molecule has 0 saturated heterocycles. The molecule has 0 saturated carbocycles. The summed E-state index contributed by atoms with van der Waals surface area (Å²) < 4.78 is 1.68. The Bertz CT molecular complexity index is 722. The van der Waals surface area contributed by atoms with Crippen molar-refractivity contribution in [3.63, 3.8) is 0 Å². The molecule has 6 nitrogen and oxygen atoms in total. The second kappa shape index (κ2) is 6.64. The van der Waals surface area contributed by atoms with Crippen molar-refractivity contribution in [3.05, 3.63) is 52.8 Å². The van der Waals surface area contributed by atoms with Gasteiger partial charge in [0.05, 0.1) is 23.7 Å². The summed E-state index contributed by atoms with van der Waals surface area (Å²) >= 11 is 0. The molecule has 0 spiro atoms. The van der Waals surface area contributed by atoms with Gasteiger partial charge in [-0.15, -0.1) is 0 Å². The van der Waals surface area contributed by atoms with Gasteiger partial charge in [0.1, 0.15) is 0 Å². The molecule has 2 aromatic rings. The highest BCUT2D eigenvalue weighted by Gasteiger charge is 2.27. The molecule has 1 aromatic heterocycles. The Morgan fingerprint density at radius 3 is 2.35 bits per heavy atom. The Labute approximate surface area is 135 Å². The minimum Gasteiger partial charge on any atom is -0.370 e. The standard InChI is InChI=1S/C17H22N4O2/c1-11-16(12(2)21(4)19-11)17(23)20(3)14(10-15(18)22)13-8-6-5-7-9-13/h5-9,14H,10H2,1-4H3,(H2,18,22). The zero-order valence-electron chi connectivity index (χ0n) is 13.9. The molecule has 0 aliphatic heterocycles. The van der Waals surface area contributed by atoms with E-state index in [0.717, 1.165) is 11.3 Å². The van der Waals surface area contributed by atoms with Gasteiger partial charge in [-0.1, -0.05) is 30.3 Å². The zero-order valence-corrected chi connectivity index (χ0v) is 13.9. The predicted molar refractivity (Wildman–Crippen MR) is 87.8 cm³/mol. The third-order valence-electron chi connectivity index (χ3n) is 4.09. The molecule has 2 N–H and O–H groups in total. The molecule has 6 heteroatoms. The highest BCUT2D eigenvalue weighted by molar-refractivity contribution is 5.96. The van der Waals surface area contributed by atoms with E-state index in [4.69, 9.17) is 5.73 Å². The summed E-state index contributed by atoms with van der Waals surface area (Å²) in [6.45, 7) is 3.66. The first-order valence-electron chi connectivity index (χ1n) is 7.43. The van der Waals surface area contributed by atoms with Gasteiger partial charge in [-0.2, -0.15) is 5.10 Å². The topological polar surface area (TPSA) is 81.2 Å². The van der Waals surface area contributed by atoms with Crippen molar-refractivity contribution in [2.24, 2.45) is 12.8 Å². The number of hydrogen-bond acceptors (Lipinski definition) is 3. The van der Waals surface area contributed by atoms with E-state index in [1.807, 2.05) is 37.3 Å². The van der Waals surface area contributed by atoms with Crippen LogP contribution in [0.4, 0.5) is 0 Å². The lowest BCUT2D eigenvalue weighted by Crippen LogP contribution is -2.34. The van der Waals surface area contributed by atoms with Gasteiger partial charge in [0.15, 0.2) is 0 Å². The summed E-state index contributed by atoms with van der Waals surface area (Å²) in [6.07, 6.45) is 0.0740. The minimum atomic E-state index is -0.446. The maximum Gasteiger partial charge on any atom is 0.257 e. The smallest absolute Gasteiger partial charge is 0.257 e. The number of nitrogens with two attached hydrogens (primary N) is 1. The highest BCUT2D eigenvalue weighted by Crippen LogP contribution is 2.26. The molecule has 0 bridgehead atoms. The predicted octanol–water partition coefficient (Wildman–Crippen LogP) is 1.73. The summed E-state index contributed by atoms with van der Waals surface area (Å²) in [4.78, 5) is 25.9. The third-order valence-corrected chi connectivity index (χ3v) is 4.09. The van der Waals surface area contributed by atoms with E-state index in [1.165, 1.54) is 0 Å². The van der Waals surface area contributed by atoms with Crippen LogP contribution in [0.25, 0.3) is 0 Å². The van der Waals surface area contributed by atoms with E-state index in [1.54, 1.807) is 30.6 Å². The summed E-state index contributed by atoms with van der Waals surface area (Å²) in [5.74, 6) is -0.610. The van der Waals surface area contributed by atoms with E-state index in [-0.39, 0.29) is 12.3 Å². The molecule has 0 aliphatic rings. The fourth-order valence-corrected chi connectivity index (χ4v) is 2.75. The number of hydrogen-bond donors (Lipinski definition) is 1. The van der Waals surface area contributed by atoms with Crippen LogP contribution >= 0.6 is 0 Å². The minimum absolute atomic E-state index is 0.0740. The number of aromatic nitrogens is 2. The van der Waals surface area contributed by atoms with Gasteiger partial charge in [0.2, 0.25) is 5.91 Å². The first-order valence-corrected chi connectivity index (χ1v) is 7.43.